The highest BCUT2D eigenvalue weighted by Gasteiger charge is 2.20. The van der Waals surface area contributed by atoms with Gasteiger partial charge in [0.25, 0.3) is 5.91 Å². The van der Waals surface area contributed by atoms with Gasteiger partial charge in [-0.25, -0.2) is 17.5 Å². The van der Waals surface area contributed by atoms with Gasteiger partial charge in [0.05, 0.1) is 24.5 Å². The van der Waals surface area contributed by atoms with Crippen LogP contribution >= 0.6 is 0 Å². The fourth-order valence-electron chi connectivity index (χ4n) is 2.43. The molecule has 2 aromatic rings. The van der Waals surface area contributed by atoms with Gasteiger partial charge in [-0.05, 0) is 23.6 Å². The van der Waals surface area contributed by atoms with Gasteiger partial charge in [0.1, 0.15) is 6.67 Å². The molecule has 0 aliphatic heterocycles. The zero-order valence-corrected chi connectivity index (χ0v) is 15.8. The van der Waals surface area contributed by atoms with Crippen molar-refractivity contribution in [3.63, 3.8) is 0 Å². The number of benzene rings is 1. The highest BCUT2D eigenvalue weighted by molar-refractivity contribution is 7.88. The molecule has 1 aromatic heterocycles. The minimum atomic E-state index is -3.30. The van der Waals surface area contributed by atoms with Gasteiger partial charge < -0.3 is 5.32 Å². The predicted molar refractivity (Wildman–Crippen MR) is 99.0 cm³/mol. The lowest BCUT2D eigenvalue weighted by Crippen LogP contribution is -2.41. The number of nitrogens with one attached hydrogen (secondary N) is 2. The summed E-state index contributed by atoms with van der Waals surface area (Å²) in [6, 6.07) is 9.43. The van der Waals surface area contributed by atoms with Crippen LogP contribution in [0, 0.1) is 0 Å². The molecule has 2 rings (SSSR count). The third kappa shape index (κ3) is 6.93. The van der Waals surface area contributed by atoms with E-state index in [0.29, 0.717) is 11.3 Å². The second-order valence-electron chi connectivity index (χ2n) is 6.19. The van der Waals surface area contributed by atoms with Crippen LogP contribution < -0.4 is 10.0 Å². The molecular weight excluding hydrogens is 395 g/mol. The van der Waals surface area contributed by atoms with Crippen molar-refractivity contribution in [1.29, 1.82) is 0 Å². The first kappa shape index (κ1) is 21.8. The number of carbonyl (C=O) groups is 1. The minimum Gasteiger partial charge on any atom is -0.345 e. The van der Waals surface area contributed by atoms with Crippen molar-refractivity contribution in [2.45, 2.75) is 25.4 Å². The summed E-state index contributed by atoms with van der Waals surface area (Å²) in [6.07, 6.45) is -0.431. The monoisotopic (exact) mass is 415 g/mol. The zero-order chi connectivity index (χ0) is 20.7. The Hall–Kier alpha value is -2.46. The topological polar surface area (TPSA) is 88.2 Å². The average Bonchev–Trinajstić information content (AvgIpc) is 2.66. The molecular formula is C18H20F3N3O3S. The van der Waals surface area contributed by atoms with E-state index in [1.807, 2.05) is 5.32 Å². The standard InChI is InChI=1S/C18H20F3N3O3S/c1-28(26,27)23-11-15-7-6-14(10-22-15)13-4-2-12(3-5-13)8-16(9-19)24-18(25)17(20)21/h2-7,10,16-17,23H,8-9,11H2,1H3,(H,24,25)/t16-/m0/s1. The number of hydrogen-bond acceptors (Lipinski definition) is 4. The number of hydrogen-bond donors (Lipinski definition) is 2. The Bertz CT molecular complexity index is 889. The van der Waals surface area contributed by atoms with E-state index in [1.54, 1.807) is 42.6 Å². The van der Waals surface area contributed by atoms with Crippen molar-refractivity contribution < 1.29 is 26.4 Å². The van der Waals surface area contributed by atoms with Crippen LogP contribution in [-0.2, 0) is 27.8 Å². The van der Waals surface area contributed by atoms with E-state index in [2.05, 4.69) is 9.71 Å². The van der Waals surface area contributed by atoms with Gasteiger partial charge >= 0.3 is 6.43 Å². The number of rotatable bonds is 9. The van der Waals surface area contributed by atoms with Crippen LogP contribution in [0.4, 0.5) is 13.2 Å². The predicted octanol–water partition coefficient (Wildman–Crippen LogP) is 2.06. The molecule has 1 heterocycles. The van der Waals surface area contributed by atoms with Gasteiger partial charge in [-0.1, -0.05) is 30.3 Å². The lowest BCUT2D eigenvalue weighted by Gasteiger charge is -2.15. The Morgan fingerprint density at radius 3 is 2.25 bits per heavy atom. The second kappa shape index (κ2) is 9.65. The van der Waals surface area contributed by atoms with Gasteiger partial charge in [0.2, 0.25) is 10.0 Å². The van der Waals surface area contributed by atoms with Crippen LogP contribution in [0.5, 0.6) is 0 Å². The Balaban J connectivity index is 2.00. The molecule has 0 saturated heterocycles. The van der Waals surface area contributed by atoms with Crippen LogP contribution in [0.15, 0.2) is 42.6 Å². The molecule has 2 N–H and O–H groups in total. The van der Waals surface area contributed by atoms with Crippen molar-refractivity contribution in [3.05, 3.63) is 53.9 Å². The van der Waals surface area contributed by atoms with E-state index in [1.165, 1.54) is 0 Å². The Morgan fingerprint density at radius 2 is 1.75 bits per heavy atom. The molecule has 0 spiro atoms. The van der Waals surface area contributed by atoms with Crippen molar-refractivity contribution in [3.8, 4) is 11.1 Å². The number of sulfonamides is 1. The largest absolute Gasteiger partial charge is 0.345 e. The van der Waals surface area contributed by atoms with Crippen LogP contribution in [0.2, 0.25) is 0 Å². The lowest BCUT2D eigenvalue weighted by atomic mass is 10.0. The van der Waals surface area contributed by atoms with Crippen LogP contribution in [0.25, 0.3) is 11.1 Å². The van der Waals surface area contributed by atoms with Crippen molar-refractivity contribution >= 4 is 15.9 Å². The molecule has 1 aromatic carbocycles. The first-order valence-corrected chi connectivity index (χ1v) is 10.2. The molecule has 0 aliphatic carbocycles. The summed E-state index contributed by atoms with van der Waals surface area (Å²) in [5.41, 5.74) is 2.87. The summed E-state index contributed by atoms with van der Waals surface area (Å²) in [4.78, 5) is 15.2. The Morgan fingerprint density at radius 1 is 1.11 bits per heavy atom. The number of nitrogens with zero attached hydrogens (tertiary/aromatic N) is 1. The molecule has 10 heteroatoms. The normalized spacial score (nSPS) is 12.8. The number of alkyl halides is 3. The van der Waals surface area contributed by atoms with Crippen LogP contribution in [0.1, 0.15) is 11.3 Å². The summed E-state index contributed by atoms with van der Waals surface area (Å²) in [6.45, 7) is -0.861. The molecule has 0 unspecified atom stereocenters. The van der Waals surface area contributed by atoms with Crippen molar-refractivity contribution in [1.82, 2.24) is 15.0 Å². The van der Waals surface area contributed by atoms with E-state index in [0.717, 1.165) is 17.4 Å². The summed E-state index contributed by atoms with van der Waals surface area (Å²) in [7, 11) is -3.30. The van der Waals surface area contributed by atoms with Gasteiger partial charge in [0.15, 0.2) is 0 Å². The number of carbonyl (C=O) groups excluding carboxylic acids is 1. The number of pyridine rings is 1. The maximum atomic E-state index is 13.0. The number of halogens is 3. The second-order valence-corrected chi connectivity index (χ2v) is 8.03. The highest BCUT2D eigenvalue weighted by atomic mass is 32.2. The zero-order valence-electron chi connectivity index (χ0n) is 15.0. The van der Waals surface area contributed by atoms with Crippen molar-refractivity contribution in [2.75, 3.05) is 12.9 Å². The molecule has 6 nitrogen and oxygen atoms in total. The fraction of sp³-hybridized carbons (Fsp3) is 0.333. The summed E-state index contributed by atoms with van der Waals surface area (Å²) < 4.78 is 62.0. The smallest absolute Gasteiger partial charge is 0.315 e. The molecule has 152 valence electrons. The first-order valence-electron chi connectivity index (χ1n) is 8.31. The molecule has 0 aliphatic rings. The average molecular weight is 415 g/mol. The van der Waals surface area contributed by atoms with E-state index >= 15 is 0 Å². The van der Waals surface area contributed by atoms with E-state index in [4.69, 9.17) is 0 Å². The molecule has 1 atom stereocenters. The van der Waals surface area contributed by atoms with Gasteiger partial charge in [-0.3, -0.25) is 9.78 Å². The fourth-order valence-corrected chi connectivity index (χ4v) is 2.84. The van der Waals surface area contributed by atoms with Crippen LogP contribution in [0.3, 0.4) is 0 Å². The van der Waals surface area contributed by atoms with Gasteiger partial charge in [0, 0.05) is 11.8 Å². The Labute approximate surface area is 161 Å². The third-order valence-corrected chi connectivity index (χ3v) is 4.51. The van der Waals surface area contributed by atoms with Gasteiger partial charge in [-0.15, -0.1) is 0 Å². The number of amides is 1. The van der Waals surface area contributed by atoms with Gasteiger partial charge in [-0.2, -0.15) is 8.78 Å². The van der Waals surface area contributed by atoms with E-state index < -0.39 is 35.1 Å². The van der Waals surface area contributed by atoms with Crippen LogP contribution in [-0.4, -0.2) is 44.7 Å². The molecule has 28 heavy (non-hydrogen) atoms. The quantitative estimate of drug-likeness (QED) is 0.656. The third-order valence-electron chi connectivity index (χ3n) is 3.84. The maximum Gasteiger partial charge on any atom is 0.315 e. The molecule has 0 radical (unpaired) electrons. The molecule has 0 saturated carbocycles. The summed E-state index contributed by atoms with van der Waals surface area (Å²) >= 11 is 0. The first-order chi connectivity index (χ1) is 13.2. The Kier molecular flexibility index (Phi) is 7.53. The summed E-state index contributed by atoms with van der Waals surface area (Å²) in [5.74, 6) is -1.49. The minimum absolute atomic E-state index is 0.0869. The highest BCUT2D eigenvalue weighted by Crippen LogP contribution is 2.20. The molecule has 0 bridgehead atoms. The SMILES string of the molecule is CS(=O)(=O)NCc1ccc(-c2ccc(C[C@@H](CF)NC(=O)C(F)F)cc2)cn1. The molecule has 1 amide bonds. The number of aromatic nitrogens is 1. The van der Waals surface area contributed by atoms with E-state index in [-0.39, 0.29) is 13.0 Å². The maximum absolute atomic E-state index is 13.0. The molecule has 0 fully saturated rings. The van der Waals surface area contributed by atoms with E-state index in [9.17, 15) is 26.4 Å². The van der Waals surface area contributed by atoms with Crippen molar-refractivity contribution in [2.24, 2.45) is 0 Å². The summed E-state index contributed by atoms with van der Waals surface area (Å²) in [5, 5.41) is 1.97. The lowest BCUT2D eigenvalue weighted by molar-refractivity contribution is -0.132.